The minimum Gasteiger partial charge on any atom is -0.373 e. The van der Waals surface area contributed by atoms with E-state index >= 15 is 0 Å². The monoisotopic (exact) mass is 340 g/mol. The van der Waals surface area contributed by atoms with Crippen LogP contribution in [0.3, 0.4) is 0 Å². The Kier molecular flexibility index (Phi) is 4.61. The first-order chi connectivity index (χ1) is 9.12. The van der Waals surface area contributed by atoms with Crippen LogP contribution in [0.2, 0.25) is 5.02 Å². The summed E-state index contributed by atoms with van der Waals surface area (Å²) in [5, 5.41) is 6.90. The number of aryl methyl sites for hydroxylation is 1. The van der Waals surface area contributed by atoms with E-state index in [4.69, 9.17) is 11.6 Å². The summed E-state index contributed by atoms with van der Waals surface area (Å²) in [5.41, 5.74) is 0.885. The number of anilines is 3. The summed E-state index contributed by atoms with van der Waals surface area (Å²) in [5.74, 6) is 2.32. The smallest absolute Gasteiger partial charge is 0.136 e. The summed E-state index contributed by atoms with van der Waals surface area (Å²) in [7, 11) is 1.84. The van der Waals surface area contributed by atoms with Crippen molar-refractivity contribution in [3.8, 4) is 0 Å². The van der Waals surface area contributed by atoms with Gasteiger partial charge in [-0.2, -0.15) is 0 Å². The van der Waals surface area contributed by atoms with Gasteiger partial charge in [0, 0.05) is 29.7 Å². The second-order valence-electron chi connectivity index (χ2n) is 3.91. The van der Waals surface area contributed by atoms with Crippen molar-refractivity contribution in [2.75, 3.05) is 17.7 Å². The average Bonchev–Trinajstić information content (AvgIpc) is 2.42. The number of hydrogen-bond acceptors (Lipinski definition) is 4. The highest BCUT2D eigenvalue weighted by atomic mass is 79.9. The minimum absolute atomic E-state index is 0.656. The molecule has 19 heavy (non-hydrogen) atoms. The van der Waals surface area contributed by atoms with E-state index in [1.807, 2.05) is 38.2 Å². The predicted octanol–water partition coefficient (Wildman–Crippen LogP) is 4.24. The molecule has 0 fully saturated rings. The molecule has 6 heteroatoms. The number of rotatable bonds is 4. The van der Waals surface area contributed by atoms with Crippen molar-refractivity contribution in [3.63, 3.8) is 0 Å². The average molecular weight is 342 g/mol. The molecule has 0 saturated heterocycles. The summed E-state index contributed by atoms with van der Waals surface area (Å²) in [6.45, 7) is 2.02. The van der Waals surface area contributed by atoms with Crippen LogP contribution < -0.4 is 10.6 Å². The predicted molar refractivity (Wildman–Crippen MR) is 83.4 cm³/mol. The topological polar surface area (TPSA) is 49.8 Å². The Hall–Kier alpha value is -1.33. The number of halogens is 2. The van der Waals surface area contributed by atoms with Crippen molar-refractivity contribution in [2.24, 2.45) is 0 Å². The van der Waals surface area contributed by atoms with E-state index < -0.39 is 0 Å². The molecule has 0 saturated carbocycles. The molecule has 1 heterocycles. The Morgan fingerprint density at radius 1 is 1.21 bits per heavy atom. The van der Waals surface area contributed by atoms with Crippen molar-refractivity contribution in [1.82, 2.24) is 9.97 Å². The molecule has 2 N–H and O–H groups in total. The van der Waals surface area contributed by atoms with Crippen LogP contribution in [-0.2, 0) is 6.42 Å². The quantitative estimate of drug-likeness (QED) is 0.873. The van der Waals surface area contributed by atoms with Gasteiger partial charge in [0.2, 0.25) is 0 Å². The first kappa shape index (κ1) is 14.1. The van der Waals surface area contributed by atoms with Crippen LogP contribution in [0, 0.1) is 0 Å². The van der Waals surface area contributed by atoms with Crippen LogP contribution in [0.5, 0.6) is 0 Å². The van der Waals surface area contributed by atoms with Gasteiger partial charge in [0.05, 0.1) is 5.02 Å². The molecule has 2 rings (SSSR count). The van der Waals surface area contributed by atoms with Crippen LogP contribution in [0.4, 0.5) is 17.3 Å². The molecule has 0 aliphatic rings. The lowest BCUT2D eigenvalue weighted by molar-refractivity contribution is 0.945. The molecule has 1 aromatic carbocycles. The van der Waals surface area contributed by atoms with Crippen molar-refractivity contribution in [3.05, 3.63) is 39.6 Å². The van der Waals surface area contributed by atoms with E-state index in [1.54, 1.807) is 0 Å². The zero-order valence-electron chi connectivity index (χ0n) is 10.7. The van der Waals surface area contributed by atoms with E-state index in [0.717, 1.165) is 34.0 Å². The van der Waals surface area contributed by atoms with E-state index in [2.05, 4.69) is 36.5 Å². The molecule has 1 aromatic heterocycles. The fourth-order valence-electron chi connectivity index (χ4n) is 1.57. The lowest BCUT2D eigenvalue weighted by Crippen LogP contribution is -2.03. The van der Waals surface area contributed by atoms with Gasteiger partial charge in [0.25, 0.3) is 0 Å². The molecule has 2 aromatic rings. The largest absolute Gasteiger partial charge is 0.373 e. The SMILES string of the molecule is CCc1nc(NC)cc(Nc2ccc(Br)c(Cl)c2)n1. The molecule has 0 spiro atoms. The normalized spacial score (nSPS) is 10.3. The molecular formula is C13H14BrClN4. The maximum absolute atomic E-state index is 6.07. The fourth-order valence-corrected chi connectivity index (χ4v) is 2.00. The van der Waals surface area contributed by atoms with Gasteiger partial charge in [-0.15, -0.1) is 0 Å². The fraction of sp³-hybridized carbons (Fsp3) is 0.231. The number of aromatic nitrogens is 2. The third-order valence-electron chi connectivity index (χ3n) is 2.54. The minimum atomic E-state index is 0.656. The van der Waals surface area contributed by atoms with Crippen molar-refractivity contribution < 1.29 is 0 Å². The van der Waals surface area contributed by atoms with Gasteiger partial charge in [-0.05, 0) is 34.1 Å². The Morgan fingerprint density at radius 3 is 2.58 bits per heavy atom. The first-order valence-corrected chi connectivity index (χ1v) is 7.07. The first-order valence-electron chi connectivity index (χ1n) is 5.90. The summed E-state index contributed by atoms with van der Waals surface area (Å²) in [6, 6.07) is 7.53. The zero-order chi connectivity index (χ0) is 13.8. The van der Waals surface area contributed by atoms with Gasteiger partial charge >= 0.3 is 0 Å². The van der Waals surface area contributed by atoms with Crippen LogP contribution >= 0.6 is 27.5 Å². The Bertz CT molecular complexity index is 567. The summed E-state index contributed by atoms with van der Waals surface area (Å²) in [4.78, 5) is 8.78. The molecule has 0 atom stereocenters. The van der Waals surface area contributed by atoms with E-state index in [1.165, 1.54) is 0 Å². The Morgan fingerprint density at radius 2 is 1.95 bits per heavy atom. The third-order valence-corrected chi connectivity index (χ3v) is 3.77. The molecule has 100 valence electrons. The van der Waals surface area contributed by atoms with Crippen molar-refractivity contribution in [2.45, 2.75) is 13.3 Å². The lowest BCUT2D eigenvalue weighted by Gasteiger charge is -2.09. The highest BCUT2D eigenvalue weighted by Crippen LogP contribution is 2.27. The van der Waals surface area contributed by atoms with Gasteiger partial charge in [-0.1, -0.05) is 18.5 Å². The van der Waals surface area contributed by atoms with Crippen molar-refractivity contribution >= 4 is 44.9 Å². The van der Waals surface area contributed by atoms with Gasteiger partial charge in [-0.25, -0.2) is 9.97 Å². The molecule has 0 amide bonds. The van der Waals surface area contributed by atoms with Crippen LogP contribution in [0.1, 0.15) is 12.7 Å². The highest BCUT2D eigenvalue weighted by molar-refractivity contribution is 9.10. The van der Waals surface area contributed by atoms with Crippen LogP contribution in [-0.4, -0.2) is 17.0 Å². The second kappa shape index (κ2) is 6.21. The molecule has 0 radical (unpaired) electrons. The molecule has 0 aliphatic carbocycles. The van der Waals surface area contributed by atoms with Gasteiger partial charge < -0.3 is 10.6 Å². The number of benzene rings is 1. The molecular weight excluding hydrogens is 328 g/mol. The third kappa shape index (κ3) is 3.58. The van der Waals surface area contributed by atoms with E-state index in [0.29, 0.717) is 5.02 Å². The highest BCUT2D eigenvalue weighted by Gasteiger charge is 2.04. The maximum atomic E-state index is 6.07. The lowest BCUT2D eigenvalue weighted by atomic mass is 10.3. The molecule has 0 unspecified atom stereocenters. The molecule has 4 nitrogen and oxygen atoms in total. The Labute approximate surface area is 125 Å². The van der Waals surface area contributed by atoms with Crippen LogP contribution in [0.25, 0.3) is 0 Å². The van der Waals surface area contributed by atoms with E-state index in [-0.39, 0.29) is 0 Å². The summed E-state index contributed by atoms with van der Waals surface area (Å²) in [6.07, 6.45) is 0.783. The van der Waals surface area contributed by atoms with Gasteiger partial charge in [0.1, 0.15) is 17.5 Å². The van der Waals surface area contributed by atoms with Gasteiger partial charge in [0.15, 0.2) is 0 Å². The van der Waals surface area contributed by atoms with Crippen LogP contribution in [0.15, 0.2) is 28.7 Å². The summed E-state index contributed by atoms with van der Waals surface area (Å²) >= 11 is 9.43. The molecule has 0 bridgehead atoms. The maximum Gasteiger partial charge on any atom is 0.136 e. The zero-order valence-corrected chi connectivity index (χ0v) is 13.0. The number of nitrogens with zero attached hydrogens (tertiary/aromatic N) is 2. The summed E-state index contributed by atoms with van der Waals surface area (Å²) < 4.78 is 0.868. The number of hydrogen-bond donors (Lipinski definition) is 2. The number of nitrogens with one attached hydrogen (secondary N) is 2. The van der Waals surface area contributed by atoms with Gasteiger partial charge in [-0.3, -0.25) is 0 Å². The molecule has 0 aliphatic heterocycles. The Balaban J connectivity index is 2.29. The standard InChI is InChI=1S/C13H14BrClN4/c1-3-11-18-12(16-2)7-13(19-11)17-8-4-5-9(14)10(15)6-8/h4-7H,3H2,1-2H3,(H2,16,17,18,19). The van der Waals surface area contributed by atoms with Crippen molar-refractivity contribution in [1.29, 1.82) is 0 Å². The van der Waals surface area contributed by atoms with E-state index in [9.17, 15) is 0 Å². The second-order valence-corrected chi connectivity index (χ2v) is 5.17.